The van der Waals surface area contributed by atoms with E-state index in [2.05, 4.69) is 16.3 Å². The predicted molar refractivity (Wildman–Crippen MR) is 137 cm³/mol. The molecule has 1 atom stereocenters. The minimum atomic E-state index is 0. The molecule has 0 spiro atoms. The Kier molecular flexibility index (Phi) is 7.55. The number of nitrogens with zero attached hydrogens (tertiary/aromatic N) is 4. The van der Waals surface area contributed by atoms with E-state index in [-0.39, 0.29) is 17.0 Å². The number of aromatic nitrogens is 2. The highest BCUT2D eigenvalue weighted by molar-refractivity contribution is 8.93. The van der Waals surface area contributed by atoms with Crippen molar-refractivity contribution in [1.29, 1.82) is 5.26 Å². The molecule has 2 fully saturated rings. The van der Waals surface area contributed by atoms with E-state index in [4.69, 9.17) is 24.0 Å². The highest BCUT2D eigenvalue weighted by atomic mass is 79.9. The molecule has 1 aromatic carbocycles. The van der Waals surface area contributed by atoms with Crippen molar-refractivity contribution in [2.75, 3.05) is 52.5 Å². The summed E-state index contributed by atoms with van der Waals surface area (Å²) in [5.74, 6) is 3.00. The zero-order chi connectivity index (χ0) is 22.9. The molecule has 1 saturated carbocycles. The minimum Gasteiger partial charge on any atom is -0.496 e. The molecule has 3 heterocycles. The molecule has 1 unspecified atom stereocenters. The molecule has 2 aliphatic rings. The molecule has 34 heavy (non-hydrogen) atoms. The Hall–Kier alpha value is -2.48. The molecular weight excluding hydrogens is 520 g/mol. The van der Waals surface area contributed by atoms with E-state index in [1.807, 2.05) is 4.52 Å². The SMILES string of the molecule is Br.COc1cc(C#N)cc(OC)c1-c1csc2c(N(CC3CC3)CC3CCOC3)c(OC)nn12. The molecule has 5 rings (SSSR count). The van der Waals surface area contributed by atoms with Crippen LogP contribution in [-0.2, 0) is 4.74 Å². The number of methoxy groups -OCH3 is 3. The summed E-state index contributed by atoms with van der Waals surface area (Å²) in [4.78, 5) is 3.47. The van der Waals surface area contributed by atoms with Crippen LogP contribution in [0.4, 0.5) is 5.69 Å². The molecule has 0 amide bonds. The Morgan fingerprint density at radius 2 is 1.82 bits per heavy atom. The molecule has 182 valence electrons. The lowest BCUT2D eigenvalue weighted by atomic mass is 10.1. The third-order valence-electron chi connectivity index (χ3n) is 6.38. The Morgan fingerprint density at radius 1 is 1.12 bits per heavy atom. The van der Waals surface area contributed by atoms with Gasteiger partial charge in [0.05, 0.1) is 50.8 Å². The second-order valence-corrected chi connectivity index (χ2v) is 9.50. The van der Waals surface area contributed by atoms with Crippen LogP contribution in [0.15, 0.2) is 17.5 Å². The first-order valence-electron chi connectivity index (χ1n) is 11.2. The first-order valence-corrected chi connectivity index (χ1v) is 12.1. The lowest BCUT2D eigenvalue weighted by Gasteiger charge is -2.26. The number of benzene rings is 1. The summed E-state index contributed by atoms with van der Waals surface area (Å²) in [7, 11) is 4.87. The van der Waals surface area contributed by atoms with Crippen LogP contribution in [0.5, 0.6) is 17.4 Å². The number of fused-ring (bicyclic) bond motifs is 1. The van der Waals surface area contributed by atoms with Crippen LogP contribution < -0.4 is 19.1 Å². The van der Waals surface area contributed by atoms with Crippen LogP contribution in [0.25, 0.3) is 16.1 Å². The second-order valence-electron chi connectivity index (χ2n) is 8.64. The molecule has 8 nitrogen and oxygen atoms in total. The van der Waals surface area contributed by atoms with Gasteiger partial charge >= 0.3 is 0 Å². The molecular formula is C24H29BrN4O4S. The summed E-state index contributed by atoms with van der Waals surface area (Å²) in [6, 6.07) is 5.61. The van der Waals surface area contributed by atoms with Gasteiger partial charge in [-0.05, 0) is 37.3 Å². The summed E-state index contributed by atoms with van der Waals surface area (Å²) >= 11 is 1.63. The summed E-state index contributed by atoms with van der Waals surface area (Å²) in [6.07, 6.45) is 3.64. The Bertz CT molecular complexity index is 1170. The fourth-order valence-electron chi connectivity index (χ4n) is 4.52. The Morgan fingerprint density at radius 3 is 2.38 bits per heavy atom. The number of halogens is 1. The van der Waals surface area contributed by atoms with Crippen LogP contribution in [-0.4, -0.2) is 57.2 Å². The van der Waals surface area contributed by atoms with E-state index < -0.39 is 0 Å². The zero-order valence-electron chi connectivity index (χ0n) is 19.6. The summed E-state index contributed by atoms with van der Waals surface area (Å²) in [5.41, 5.74) is 3.12. The van der Waals surface area contributed by atoms with Crippen molar-refractivity contribution in [3.63, 3.8) is 0 Å². The molecule has 1 aliphatic carbocycles. The van der Waals surface area contributed by atoms with E-state index in [0.717, 1.165) is 60.4 Å². The first-order chi connectivity index (χ1) is 16.2. The second kappa shape index (κ2) is 10.4. The van der Waals surface area contributed by atoms with Gasteiger partial charge in [-0.25, -0.2) is 4.52 Å². The number of anilines is 1. The quantitative estimate of drug-likeness (QED) is 0.380. The minimum absolute atomic E-state index is 0. The maximum Gasteiger partial charge on any atom is 0.258 e. The monoisotopic (exact) mass is 548 g/mol. The van der Waals surface area contributed by atoms with Crippen LogP contribution >= 0.6 is 28.3 Å². The van der Waals surface area contributed by atoms with E-state index >= 15 is 0 Å². The van der Waals surface area contributed by atoms with Gasteiger partial charge < -0.3 is 23.8 Å². The van der Waals surface area contributed by atoms with E-state index in [9.17, 15) is 5.26 Å². The largest absolute Gasteiger partial charge is 0.496 e. The lowest BCUT2D eigenvalue weighted by molar-refractivity contribution is 0.186. The van der Waals surface area contributed by atoms with Gasteiger partial charge in [-0.15, -0.1) is 33.4 Å². The van der Waals surface area contributed by atoms with E-state index in [1.165, 1.54) is 12.8 Å². The maximum absolute atomic E-state index is 9.39. The standard InChI is InChI=1S/C24H28N4O4S.BrH/c1-29-19-8-17(10-25)9-20(30-2)21(19)18-14-33-24-22(23(31-3)26-28(18)24)27(11-15-4-5-15)12-16-6-7-32-13-16;/h8-9,14-16H,4-7,11-13H2,1-3H3;1H. The molecule has 0 radical (unpaired) electrons. The van der Waals surface area contributed by atoms with Crippen molar-refractivity contribution in [3.05, 3.63) is 23.1 Å². The highest BCUT2D eigenvalue weighted by Gasteiger charge is 2.32. The fourth-order valence-corrected chi connectivity index (χ4v) is 5.52. The maximum atomic E-state index is 9.39. The average Bonchev–Trinajstić information content (AvgIpc) is 3.21. The number of ether oxygens (including phenoxy) is 4. The van der Waals surface area contributed by atoms with Crippen molar-refractivity contribution < 1.29 is 18.9 Å². The smallest absolute Gasteiger partial charge is 0.258 e. The van der Waals surface area contributed by atoms with Crippen LogP contribution in [0.1, 0.15) is 24.8 Å². The van der Waals surface area contributed by atoms with Crippen molar-refractivity contribution >= 4 is 38.8 Å². The topological polar surface area (TPSA) is 81.2 Å². The van der Waals surface area contributed by atoms with E-state index in [1.54, 1.807) is 44.8 Å². The van der Waals surface area contributed by atoms with Crippen LogP contribution in [0, 0.1) is 23.2 Å². The van der Waals surface area contributed by atoms with Crippen molar-refractivity contribution in [2.45, 2.75) is 19.3 Å². The van der Waals surface area contributed by atoms with Gasteiger partial charge in [-0.3, -0.25) is 0 Å². The van der Waals surface area contributed by atoms with Gasteiger partial charge in [-0.1, -0.05) is 0 Å². The number of hydrogen-bond acceptors (Lipinski definition) is 8. The third-order valence-corrected chi connectivity index (χ3v) is 7.31. The molecule has 0 bridgehead atoms. The van der Waals surface area contributed by atoms with Gasteiger partial charge in [0.1, 0.15) is 22.0 Å². The summed E-state index contributed by atoms with van der Waals surface area (Å²) < 4.78 is 24.6. The zero-order valence-corrected chi connectivity index (χ0v) is 22.1. The first kappa shape index (κ1) is 24.6. The van der Waals surface area contributed by atoms with Crippen molar-refractivity contribution in [3.8, 4) is 34.7 Å². The predicted octanol–water partition coefficient (Wildman–Crippen LogP) is 4.79. The van der Waals surface area contributed by atoms with E-state index in [0.29, 0.717) is 28.9 Å². The average molecular weight is 549 g/mol. The summed E-state index contributed by atoms with van der Waals surface area (Å²) in [6.45, 7) is 3.59. The molecule has 1 saturated heterocycles. The molecule has 1 aliphatic heterocycles. The summed E-state index contributed by atoms with van der Waals surface area (Å²) in [5, 5.41) is 16.3. The van der Waals surface area contributed by atoms with Gasteiger partial charge in [-0.2, -0.15) is 5.26 Å². The third kappa shape index (κ3) is 4.57. The molecule has 3 aromatic rings. The molecule has 0 N–H and O–H groups in total. The highest BCUT2D eigenvalue weighted by Crippen LogP contribution is 2.45. The van der Waals surface area contributed by atoms with Gasteiger partial charge in [0, 0.05) is 31.0 Å². The van der Waals surface area contributed by atoms with Crippen molar-refractivity contribution in [2.24, 2.45) is 11.8 Å². The molecule has 10 heteroatoms. The normalized spacial score (nSPS) is 17.3. The Labute approximate surface area is 213 Å². The van der Waals surface area contributed by atoms with Gasteiger partial charge in [0.2, 0.25) is 0 Å². The number of thiazole rings is 1. The van der Waals surface area contributed by atoms with Crippen molar-refractivity contribution in [1.82, 2.24) is 9.61 Å². The van der Waals surface area contributed by atoms with Gasteiger partial charge in [0.25, 0.3) is 5.88 Å². The number of rotatable bonds is 9. The Balaban J connectivity index is 0.00000274. The number of hydrogen-bond donors (Lipinski definition) is 0. The van der Waals surface area contributed by atoms with Crippen LogP contribution in [0.2, 0.25) is 0 Å². The lowest BCUT2D eigenvalue weighted by Crippen LogP contribution is -2.31. The van der Waals surface area contributed by atoms with Gasteiger partial charge in [0.15, 0.2) is 0 Å². The number of nitriles is 1. The fraction of sp³-hybridized carbons (Fsp3) is 0.500. The van der Waals surface area contributed by atoms with Crippen LogP contribution in [0.3, 0.4) is 0 Å². The molecule has 2 aromatic heterocycles.